The van der Waals surface area contributed by atoms with E-state index in [9.17, 15) is 9.59 Å². The van der Waals surface area contributed by atoms with Crippen molar-refractivity contribution in [1.82, 2.24) is 4.90 Å². The molecule has 0 N–H and O–H groups in total. The molecule has 1 rings (SSSR count). The zero-order chi connectivity index (χ0) is 14.1. The highest BCUT2D eigenvalue weighted by Gasteiger charge is 2.26. The maximum absolute atomic E-state index is 12.4. The first-order valence-corrected chi connectivity index (χ1v) is 7.70. The van der Waals surface area contributed by atoms with Crippen molar-refractivity contribution in [2.75, 3.05) is 39.7 Å². The molecular formula is C13H23NO4S. The van der Waals surface area contributed by atoms with Crippen LogP contribution >= 0.6 is 11.8 Å². The van der Waals surface area contributed by atoms with Crippen LogP contribution in [0.5, 0.6) is 0 Å². The standard InChI is InChI=1S/C13H23NO4S/c1-17-9-8-14(7-6-12(15)18-2)13(16)11-5-3-4-10-19-11/h11H,3-10H2,1-2H3. The predicted octanol–water partition coefficient (Wildman–Crippen LogP) is 1.31. The number of rotatable bonds is 7. The number of methoxy groups -OCH3 is 2. The zero-order valence-corrected chi connectivity index (χ0v) is 12.5. The Kier molecular flexibility index (Phi) is 7.90. The minimum Gasteiger partial charge on any atom is -0.469 e. The highest BCUT2D eigenvalue weighted by atomic mass is 32.2. The fourth-order valence-corrected chi connectivity index (χ4v) is 3.28. The van der Waals surface area contributed by atoms with Gasteiger partial charge in [-0.25, -0.2) is 0 Å². The lowest BCUT2D eigenvalue weighted by molar-refractivity contribution is -0.141. The Hall–Kier alpha value is -0.750. The first-order valence-electron chi connectivity index (χ1n) is 6.65. The summed E-state index contributed by atoms with van der Waals surface area (Å²) in [6.07, 6.45) is 3.47. The summed E-state index contributed by atoms with van der Waals surface area (Å²) in [6.45, 7) is 1.43. The van der Waals surface area contributed by atoms with E-state index in [4.69, 9.17) is 4.74 Å². The Morgan fingerprint density at radius 2 is 2.05 bits per heavy atom. The highest BCUT2D eigenvalue weighted by molar-refractivity contribution is 8.00. The predicted molar refractivity (Wildman–Crippen MR) is 75.2 cm³/mol. The number of ether oxygens (including phenoxy) is 2. The van der Waals surface area contributed by atoms with Crippen molar-refractivity contribution in [1.29, 1.82) is 0 Å². The average molecular weight is 289 g/mol. The van der Waals surface area contributed by atoms with Crippen LogP contribution in [0, 0.1) is 0 Å². The molecule has 1 amide bonds. The van der Waals surface area contributed by atoms with Gasteiger partial charge in [0.05, 0.1) is 25.4 Å². The molecule has 1 aliphatic rings. The molecule has 1 aliphatic heterocycles. The van der Waals surface area contributed by atoms with Crippen LogP contribution < -0.4 is 0 Å². The number of nitrogens with zero attached hydrogens (tertiary/aromatic N) is 1. The van der Waals surface area contributed by atoms with Crippen LogP contribution in [0.4, 0.5) is 0 Å². The van der Waals surface area contributed by atoms with E-state index in [0.29, 0.717) is 19.7 Å². The Bertz CT molecular complexity index is 292. The molecule has 19 heavy (non-hydrogen) atoms. The normalized spacial score (nSPS) is 18.9. The van der Waals surface area contributed by atoms with Crippen LogP contribution in [0.1, 0.15) is 25.7 Å². The Morgan fingerprint density at radius 3 is 2.63 bits per heavy atom. The van der Waals surface area contributed by atoms with Gasteiger partial charge in [0.2, 0.25) is 5.91 Å². The van der Waals surface area contributed by atoms with Crippen LogP contribution in [-0.2, 0) is 19.1 Å². The number of carbonyl (C=O) groups excluding carboxylic acids is 2. The Labute approximate surface area is 119 Å². The minimum atomic E-state index is -0.286. The third kappa shape index (κ3) is 5.82. The van der Waals surface area contributed by atoms with E-state index in [0.717, 1.165) is 18.6 Å². The molecule has 1 unspecified atom stereocenters. The van der Waals surface area contributed by atoms with E-state index in [-0.39, 0.29) is 23.5 Å². The number of hydrogen-bond donors (Lipinski definition) is 0. The van der Waals surface area contributed by atoms with Crippen LogP contribution in [-0.4, -0.2) is 61.7 Å². The molecule has 0 saturated carbocycles. The van der Waals surface area contributed by atoms with E-state index in [1.165, 1.54) is 13.5 Å². The smallest absolute Gasteiger partial charge is 0.307 e. The molecule has 0 bridgehead atoms. The van der Waals surface area contributed by atoms with E-state index >= 15 is 0 Å². The number of thioether (sulfide) groups is 1. The summed E-state index contributed by atoms with van der Waals surface area (Å²) in [5, 5.41) is 0.0447. The van der Waals surface area contributed by atoms with E-state index in [1.54, 1.807) is 23.8 Å². The molecule has 1 fully saturated rings. The van der Waals surface area contributed by atoms with Gasteiger partial charge in [-0.05, 0) is 18.6 Å². The molecule has 0 aromatic rings. The Balaban J connectivity index is 2.50. The monoisotopic (exact) mass is 289 g/mol. The third-order valence-corrected chi connectivity index (χ3v) is 4.51. The van der Waals surface area contributed by atoms with Crippen molar-refractivity contribution >= 4 is 23.6 Å². The molecule has 5 nitrogen and oxygen atoms in total. The van der Waals surface area contributed by atoms with Crippen molar-refractivity contribution in [3.63, 3.8) is 0 Å². The average Bonchev–Trinajstić information content (AvgIpc) is 2.47. The van der Waals surface area contributed by atoms with Crippen molar-refractivity contribution in [3.8, 4) is 0 Å². The molecule has 0 aliphatic carbocycles. The summed E-state index contributed by atoms with van der Waals surface area (Å²) in [6, 6.07) is 0. The van der Waals surface area contributed by atoms with Gasteiger partial charge in [0.25, 0.3) is 0 Å². The fourth-order valence-electron chi connectivity index (χ4n) is 2.00. The molecular weight excluding hydrogens is 266 g/mol. The molecule has 6 heteroatoms. The molecule has 0 aromatic heterocycles. The van der Waals surface area contributed by atoms with Gasteiger partial charge in [0.15, 0.2) is 0 Å². The molecule has 0 spiro atoms. The van der Waals surface area contributed by atoms with Gasteiger partial charge in [0, 0.05) is 20.2 Å². The molecule has 1 atom stereocenters. The van der Waals surface area contributed by atoms with Gasteiger partial charge in [-0.3, -0.25) is 9.59 Å². The number of esters is 1. The summed E-state index contributed by atoms with van der Waals surface area (Å²) in [7, 11) is 2.97. The highest BCUT2D eigenvalue weighted by Crippen LogP contribution is 2.26. The molecule has 110 valence electrons. The van der Waals surface area contributed by atoms with Gasteiger partial charge in [-0.2, -0.15) is 0 Å². The van der Waals surface area contributed by atoms with Crippen LogP contribution in [0.3, 0.4) is 0 Å². The van der Waals surface area contributed by atoms with E-state index in [1.807, 2.05) is 0 Å². The second-order valence-electron chi connectivity index (χ2n) is 4.50. The van der Waals surface area contributed by atoms with Gasteiger partial charge in [-0.15, -0.1) is 11.8 Å². The SMILES string of the molecule is COCCN(CCC(=O)OC)C(=O)C1CCCCS1. The summed E-state index contributed by atoms with van der Waals surface area (Å²) in [5.74, 6) is 0.892. The van der Waals surface area contributed by atoms with Gasteiger partial charge >= 0.3 is 5.97 Å². The maximum Gasteiger partial charge on any atom is 0.307 e. The van der Waals surface area contributed by atoms with Crippen LogP contribution in [0.25, 0.3) is 0 Å². The van der Waals surface area contributed by atoms with Crippen LogP contribution in [0.15, 0.2) is 0 Å². The summed E-state index contributed by atoms with van der Waals surface area (Å²) < 4.78 is 9.64. The van der Waals surface area contributed by atoms with Crippen molar-refractivity contribution in [2.24, 2.45) is 0 Å². The molecule has 0 aromatic carbocycles. The number of amides is 1. The summed E-state index contributed by atoms with van der Waals surface area (Å²) in [5.41, 5.74) is 0. The van der Waals surface area contributed by atoms with Crippen molar-refractivity contribution < 1.29 is 19.1 Å². The topological polar surface area (TPSA) is 55.8 Å². The second-order valence-corrected chi connectivity index (χ2v) is 5.81. The second kappa shape index (κ2) is 9.20. The Morgan fingerprint density at radius 1 is 1.26 bits per heavy atom. The quantitative estimate of drug-likeness (QED) is 0.661. The number of carbonyl (C=O) groups is 2. The zero-order valence-electron chi connectivity index (χ0n) is 11.7. The minimum absolute atomic E-state index is 0.0447. The fraction of sp³-hybridized carbons (Fsp3) is 0.846. The maximum atomic E-state index is 12.4. The third-order valence-electron chi connectivity index (χ3n) is 3.15. The lowest BCUT2D eigenvalue weighted by Crippen LogP contribution is -2.41. The summed E-state index contributed by atoms with van der Waals surface area (Å²) in [4.78, 5) is 25.3. The lowest BCUT2D eigenvalue weighted by atomic mass is 10.1. The number of hydrogen-bond acceptors (Lipinski definition) is 5. The van der Waals surface area contributed by atoms with Gasteiger partial charge in [0.1, 0.15) is 0 Å². The van der Waals surface area contributed by atoms with E-state index in [2.05, 4.69) is 4.74 Å². The van der Waals surface area contributed by atoms with Crippen molar-refractivity contribution in [2.45, 2.75) is 30.9 Å². The van der Waals surface area contributed by atoms with E-state index < -0.39 is 0 Å². The lowest BCUT2D eigenvalue weighted by Gasteiger charge is -2.28. The van der Waals surface area contributed by atoms with Gasteiger partial charge < -0.3 is 14.4 Å². The van der Waals surface area contributed by atoms with Crippen LogP contribution in [0.2, 0.25) is 0 Å². The largest absolute Gasteiger partial charge is 0.469 e. The first kappa shape index (κ1) is 16.3. The van der Waals surface area contributed by atoms with Gasteiger partial charge in [-0.1, -0.05) is 6.42 Å². The first-order chi connectivity index (χ1) is 9.19. The summed E-state index contributed by atoms with van der Waals surface area (Å²) >= 11 is 1.72. The molecule has 1 saturated heterocycles. The molecule has 0 radical (unpaired) electrons. The van der Waals surface area contributed by atoms with Crippen molar-refractivity contribution in [3.05, 3.63) is 0 Å². The molecule has 1 heterocycles.